The van der Waals surface area contributed by atoms with E-state index in [0.29, 0.717) is 0 Å². The molecule has 0 radical (unpaired) electrons. The zero-order valence-corrected chi connectivity index (χ0v) is 10.8. The minimum atomic E-state index is 0.239. The third-order valence-electron chi connectivity index (χ3n) is 4.39. The van der Waals surface area contributed by atoms with Crippen molar-refractivity contribution in [3.8, 4) is 0 Å². The topological polar surface area (TPSA) is 29.3 Å². The molecule has 2 nitrogen and oxygen atoms in total. The van der Waals surface area contributed by atoms with Gasteiger partial charge >= 0.3 is 0 Å². The van der Waals surface area contributed by atoms with Crippen molar-refractivity contribution in [1.82, 2.24) is 4.90 Å². The van der Waals surface area contributed by atoms with Gasteiger partial charge in [0, 0.05) is 12.1 Å². The standard InChI is InChI=1S/C13H28N2/c1-4-12-7-6-9-15(10-8-12)13(3,5-2)11-14/h12H,4-11,14H2,1-3H3. The van der Waals surface area contributed by atoms with Crippen LogP contribution in [0.4, 0.5) is 0 Å². The number of hydrogen-bond acceptors (Lipinski definition) is 2. The molecule has 1 aliphatic heterocycles. The largest absolute Gasteiger partial charge is 0.329 e. The van der Waals surface area contributed by atoms with E-state index in [9.17, 15) is 0 Å². The molecule has 0 amide bonds. The van der Waals surface area contributed by atoms with Crippen LogP contribution in [0.2, 0.25) is 0 Å². The molecule has 1 fully saturated rings. The summed E-state index contributed by atoms with van der Waals surface area (Å²) in [7, 11) is 0. The van der Waals surface area contributed by atoms with Crippen molar-refractivity contribution in [2.24, 2.45) is 11.7 Å². The molecule has 2 N–H and O–H groups in total. The van der Waals surface area contributed by atoms with Crippen LogP contribution in [-0.2, 0) is 0 Å². The Hall–Kier alpha value is -0.0800. The van der Waals surface area contributed by atoms with Crippen LogP contribution in [0.25, 0.3) is 0 Å². The van der Waals surface area contributed by atoms with E-state index in [1.807, 2.05) is 0 Å². The van der Waals surface area contributed by atoms with E-state index >= 15 is 0 Å². The van der Waals surface area contributed by atoms with Crippen LogP contribution in [0.3, 0.4) is 0 Å². The summed E-state index contributed by atoms with van der Waals surface area (Å²) in [6.45, 7) is 10.2. The van der Waals surface area contributed by atoms with Crippen LogP contribution in [0, 0.1) is 5.92 Å². The Balaban J connectivity index is 2.56. The number of likely N-dealkylation sites (tertiary alicyclic amines) is 1. The quantitative estimate of drug-likeness (QED) is 0.776. The van der Waals surface area contributed by atoms with E-state index in [1.165, 1.54) is 45.2 Å². The van der Waals surface area contributed by atoms with Crippen molar-refractivity contribution in [3.05, 3.63) is 0 Å². The lowest BCUT2D eigenvalue weighted by Gasteiger charge is -2.39. The first-order chi connectivity index (χ1) is 7.16. The SMILES string of the molecule is CCC1CCCN(C(C)(CC)CN)CC1. The van der Waals surface area contributed by atoms with Crippen LogP contribution in [-0.4, -0.2) is 30.1 Å². The summed E-state index contributed by atoms with van der Waals surface area (Å²) >= 11 is 0. The van der Waals surface area contributed by atoms with Gasteiger partial charge in [-0.1, -0.05) is 20.3 Å². The first-order valence-corrected chi connectivity index (χ1v) is 6.61. The minimum absolute atomic E-state index is 0.239. The van der Waals surface area contributed by atoms with Gasteiger partial charge in [-0.3, -0.25) is 4.90 Å². The van der Waals surface area contributed by atoms with Crippen molar-refractivity contribution in [2.45, 2.75) is 58.4 Å². The Labute approximate surface area is 95.2 Å². The Kier molecular flexibility index (Phi) is 5.07. The van der Waals surface area contributed by atoms with Gasteiger partial charge in [0.05, 0.1) is 0 Å². The molecule has 1 rings (SSSR count). The second kappa shape index (κ2) is 5.86. The van der Waals surface area contributed by atoms with Crippen LogP contribution in [0.1, 0.15) is 52.9 Å². The predicted octanol–water partition coefficient (Wildman–Crippen LogP) is 2.63. The highest BCUT2D eigenvalue weighted by molar-refractivity contribution is 4.87. The molecule has 1 aliphatic rings. The average Bonchev–Trinajstić information content (AvgIpc) is 2.53. The fourth-order valence-corrected chi connectivity index (χ4v) is 2.61. The van der Waals surface area contributed by atoms with Crippen LogP contribution in [0.15, 0.2) is 0 Å². The van der Waals surface area contributed by atoms with Gasteiger partial charge < -0.3 is 5.73 Å². The van der Waals surface area contributed by atoms with E-state index < -0.39 is 0 Å². The van der Waals surface area contributed by atoms with Gasteiger partial charge in [0.15, 0.2) is 0 Å². The Morgan fingerprint density at radius 3 is 2.53 bits per heavy atom. The van der Waals surface area contributed by atoms with E-state index in [1.54, 1.807) is 0 Å². The summed E-state index contributed by atoms with van der Waals surface area (Å²) in [5, 5.41) is 0. The average molecular weight is 212 g/mol. The third kappa shape index (κ3) is 3.18. The number of hydrogen-bond donors (Lipinski definition) is 1. The number of nitrogens with two attached hydrogens (primary N) is 1. The lowest BCUT2D eigenvalue weighted by molar-refractivity contribution is 0.109. The highest BCUT2D eigenvalue weighted by Crippen LogP contribution is 2.26. The highest BCUT2D eigenvalue weighted by Gasteiger charge is 2.29. The molecule has 2 atom stereocenters. The maximum absolute atomic E-state index is 5.92. The molecule has 90 valence electrons. The smallest absolute Gasteiger partial charge is 0.0300 e. The van der Waals surface area contributed by atoms with E-state index in [-0.39, 0.29) is 5.54 Å². The molecule has 0 bridgehead atoms. The van der Waals surface area contributed by atoms with Gasteiger partial charge in [-0.15, -0.1) is 0 Å². The second-order valence-corrected chi connectivity index (χ2v) is 5.25. The highest BCUT2D eigenvalue weighted by atomic mass is 15.2. The fourth-order valence-electron chi connectivity index (χ4n) is 2.61. The predicted molar refractivity (Wildman–Crippen MR) is 67.0 cm³/mol. The summed E-state index contributed by atoms with van der Waals surface area (Å²) in [5.41, 5.74) is 6.16. The lowest BCUT2D eigenvalue weighted by Crippen LogP contribution is -2.51. The van der Waals surface area contributed by atoms with Gasteiger partial charge in [-0.2, -0.15) is 0 Å². The van der Waals surface area contributed by atoms with Gasteiger partial charge in [-0.05, 0) is 51.6 Å². The molecule has 0 aromatic rings. The van der Waals surface area contributed by atoms with Crippen LogP contribution in [0.5, 0.6) is 0 Å². The molecule has 1 heterocycles. The van der Waals surface area contributed by atoms with Crippen molar-refractivity contribution >= 4 is 0 Å². The van der Waals surface area contributed by atoms with Crippen LogP contribution < -0.4 is 5.73 Å². The summed E-state index contributed by atoms with van der Waals surface area (Å²) in [4.78, 5) is 2.63. The van der Waals surface area contributed by atoms with E-state index in [0.717, 1.165) is 12.5 Å². The Morgan fingerprint density at radius 2 is 2.00 bits per heavy atom. The number of nitrogens with zero attached hydrogens (tertiary/aromatic N) is 1. The second-order valence-electron chi connectivity index (χ2n) is 5.25. The number of rotatable bonds is 4. The maximum Gasteiger partial charge on any atom is 0.0300 e. The minimum Gasteiger partial charge on any atom is -0.329 e. The normalized spacial score (nSPS) is 28.4. The Morgan fingerprint density at radius 1 is 1.27 bits per heavy atom. The van der Waals surface area contributed by atoms with Gasteiger partial charge in [0.25, 0.3) is 0 Å². The summed E-state index contributed by atoms with van der Waals surface area (Å²) in [6.07, 6.45) is 6.65. The van der Waals surface area contributed by atoms with Crippen LogP contribution >= 0.6 is 0 Å². The molecule has 2 heteroatoms. The third-order valence-corrected chi connectivity index (χ3v) is 4.39. The Bertz CT molecular complexity index is 175. The molecule has 0 saturated carbocycles. The zero-order chi connectivity index (χ0) is 11.3. The van der Waals surface area contributed by atoms with Gasteiger partial charge in [0.2, 0.25) is 0 Å². The summed E-state index contributed by atoms with van der Waals surface area (Å²) < 4.78 is 0. The molecule has 0 aromatic heterocycles. The molecule has 0 aromatic carbocycles. The monoisotopic (exact) mass is 212 g/mol. The first kappa shape index (κ1) is 13.0. The van der Waals surface area contributed by atoms with Crippen molar-refractivity contribution in [1.29, 1.82) is 0 Å². The molecule has 15 heavy (non-hydrogen) atoms. The van der Waals surface area contributed by atoms with E-state index in [4.69, 9.17) is 5.73 Å². The molecular weight excluding hydrogens is 184 g/mol. The van der Waals surface area contributed by atoms with Gasteiger partial charge in [0.1, 0.15) is 0 Å². The van der Waals surface area contributed by atoms with Crippen molar-refractivity contribution in [2.75, 3.05) is 19.6 Å². The van der Waals surface area contributed by atoms with Crippen molar-refractivity contribution in [3.63, 3.8) is 0 Å². The molecular formula is C13H28N2. The first-order valence-electron chi connectivity index (χ1n) is 6.61. The summed E-state index contributed by atoms with van der Waals surface area (Å²) in [6, 6.07) is 0. The molecule has 0 aliphatic carbocycles. The zero-order valence-electron chi connectivity index (χ0n) is 10.8. The fraction of sp³-hybridized carbons (Fsp3) is 1.00. The lowest BCUT2D eigenvalue weighted by atomic mass is 9.95. The molecule has 2 unspecified atom stereocenters. The van der Waals surface area contributed by atoms with E-state index in [2.05, 4.69) is 25.7 Å². The molecule has 0 spiro atoms. The maximum atomic E-state index is 5.92. The molecule has 1 saturated heterocycles. The summed E-state index contributed by atoms with van der Waals surface area (Å²) in [5.74, 6) is 0.953. The van der Waals surface area contributed by atoms with Crippen molar-refractivity contribution < 1.29 is 0 Å². The van der Waals surface area contributed by atoms with Gasteiger partial charge in [-0.25, -0.2) is 0 Å².